The summed E-state index contributed by atoms with van der Waals surface area (Å²) in [6, 6.07) is 0. The monoisotopic (exact) mass is 534 g/mol. The van der Waals surface area contributed by atoms with Gasteiger partial charge in [-0.15, -0.1) is 0 Å². The van der Waals surface area contributed by atoms with E-state index in [-0.39, 0.29) is 5.97 Å². The van der Waals surface area contributed by atoms with Crippen LogP contribution in [0.1, 0.15) is 91.4 Å². The number of ether oxygens (including phenoxy) is 7. The number of unbranched alkanes of at least 4 members (excludes halogenated alkanes) is 8. The van der Waals surface area contributed by atoms with Crippen molar-refractivity contribution < 1.29 is 38.0 Å². The summed E-state index contributed by atoms with van der Waals surface area (Å²) in [5.41, 5.74) is 0. The molecule has 0 spiro atoms. The van der Waals surface area contributed by atoms with Crippen LogP contribution >= 0.6 is 0 Å². The van der Waals surface area contributed by atoms with E-state index in [0.29, 0.717) is 91.6 Å². The molecule has 0 fully saturated rings. The van der Waals surface area contributed by atoms with Crippen molar-refractivity contribution in [3.8, 4) is 0 Å². The average molecular weight is 535 g/mol. The Morgan fingerprint density at radius 1 is 0.514 bits per heavy atom. The molecule has 0 saturated carbocycles. The Kier molecular flexibility index (Phi) is 30.8. The zero-order valence-corrected chi connectivity index (χ0v) is 24.3. The Labute approximate surface area is 227 Å². The van der Waals surface area contributed by atoms with Crippen LogP contribution in [0, 0.1) is 5.92 Å². The molecule has 0 aliphatic carbocycles. The standard InChI is InChI=1S/C29H58O8/c1-4-6-7-8-9-10-11-12-13-14-29(30)37-26-25-35-22-21-33-18-17-31-15-16-32-19-20-34-23-24-36-27-28(3)5-2/h28H,4-27H2,1-3H3. The molecule has 0 aliphatic heterocycles. The summed E-state index contributed by atoms with van der Waals surface area (Å²) in [6.07, 6.45) is 12.8. The number of hydrogen-bond acceptors (Lipinski definition) is 8. The molecule has 8 nitrogen and oxygen atoms in total. The summed E-state index contributed by atoms with van der Waals surface area (Å²) < 4.78 is 38.0. The summed E-state index contributed by atoms with van der Waals surface area (Å²) in [7, 11) is 0. The van der Waals surface area contributed by atoms with Gasteiger partial charge in [0.05, 0.1) is 72.7 Å². The molecule has 0 aromatic rings. The first-order valence-electron chi connectivity index (χ1n) is 14.8. The van der Waals surface area contributed by atoms with Crippen LogP contribution in [0.2, 0.25) is 0 Å². The predicted molar refractivity (Wildman–Crippen MR) is 147 cm³/mol. The van der Waals surface area contributed by atoms with Crippen LogP contribution in [-0.4, -0.2) is 91.9 Å². The van der Waals surface area contributed by atoms with Crippen LogP contribution in [0.4, 0.5) is 0 Å². The van der Waals surface area contributed by atoms with Gasteiger partial charge in [-0.2, -0.15) is 0 Å². The zero-order chi connectivity index (χ0) is 27.1. The molecule has 0 aromatic heterocycles. The minimum absolute atomic E-state index is 0.126. The number of esters is 1. The first-order valence-corrected chi connectivity index (χ1v) is 14.8. The Morgan fingerprint density at radius 3 is 1.32 bits per heavy atom. The first kappa shape index (κ1) is 36.2. The number of rotatable bonds is 31. The Hall–Kier alpha value is -0.770. The molecule has 1 unspecified atom stereocenters. The van der Waals surface area contributed by atoms with Gasteiger partial charge in [-0.1, -0.05) is 78.6 Å². The second kappa shape index (κ2) is 31.4. The molecule has 222 valence electrons. The van der Waals surface area contributed by atoms with Crippen molar-refractivity contribution in [3.05, 3.63) is 0 Å². The summed E-state index contributed by atoms with van der Waals surface area (Å²) in [4.78, 5) is 11.7. The highest BCUT2D eigenvalue weighted by Gasteiger charge is 2.03. The average Bonchev–Trinajstić information content (AvgIpc) is 2.90. The number of carbonyl (C=O) groups is 1. The maximum atomic E-state index is 11.7. The summed E-state index contributed by atoms with van der Waals surface area (Å²) >= 11 is 0. The Bertz CT molecular complexity index is 450. The van der Waals surface area contributed by atoms with Gasteiger partial charge >= 0.3 is 5.97 Å². The van der Waals surface area contributed by atoms with Crippen molar-refractivity contribution in [2.24, 2.45) is 5.92 Å². The van der Waals surface area contributed by atoms with E-state index >= 15 is 0 Å². The van der Waals surface area contributed by atoms with E-state index in [1.165, 1.54) is 44.9 Å². The van der Waals surface area contributed by atoms with E-state index in [9.17, 15) is 4.79 Å². The molecule has 1 atom stereocenters. The van der Waals surface area contributed by atoms with Crippen molar-refractivity contribution >= 4 is 5.97 Å². The fourth-order valence-corrected chi connectivity index (χ4v) is 3.37. The van der Waals surface area contributed by atoms with Crippen molar-refractivity contribution in [1.29, 1.82) is 0 Å². The lowest BCUT2D eigenvalue weighted by atomic mass is 10.1. The van der Waals surface area contributed by atoms with E-state index in [1.807, 2.05) is 0 Å². The summed E-state index contributed by atoms with van der Waals surface area (Å²) in [5.74, 6) is 0.475. The maximum absolute atomic E-state index is 11.7. The normalized spacial score (nSPS) is 12.2. The minimum Gasteiger partial charge on any atom is -0.463 e. The highest BCUT2D eigenvalue weighted by molar-refractivity contribution is 5.69. The molecule has 0 amide bonds. The molecule has 0 saturated heterocycles. The van der Waals surface area contributed by atoms with Gasteiger partial charge in [0.2, 0.25) is 0 Å². The largest absolute Gasteiger partial charge is 0.463 e. The van der Waals surface area contributed by atoms with Crippen molar-refractivity contribution in [2.45, 2.75) is 91.4 Å². The summed E-state index contributed by atoms with van der Waals surface area (Å²) in [6.45, 7) is 13.5. The van der Waals surface area contributed by atoms with E-state index in [4.69, 9.17) is 33.2 Å². The maximum Gasteiger partial charge on any atom is 0.305 e. The molecule has 8 heteroatoms. The van der Waals surface area contributed by atoms with Gasteiger partial charge in [0.25, 0.3) is 0 Å². The van der Waals surface area contributed by atoms with Crippen LogP contribution in [0.15, 0.2) is 0 Å². The van der Waals surface area contributed by atoms with Crippen LogP contribution in [0.5, 0.6) is 0 Å². The van der Waals surface area contributed by atoms with E-state index in [0.717, 1.165) is 25.9 Å². The molecule has 0 bridgehead atoms. The molecule has 0 aliphatic rings. The van der Waals surface area contributed by atoms with Crippen LogP contribution in [0.3, 0.4) is 0 Å². The van der Waals surface area contributed by atoms with Crippen molar-refractivity contribution in [1.82, 2.24) is 0 Å². The van der Waals surface area contributed by atoms with Crippen molar-refractivity contribution in [2.75, 3.05) is 85.9 Å². The lowest BCUT2D eigenvalue weighted by molar-refractivity contribution is -0.145. The highest BCUT2D eigenvalue weighted by atomic mass is 16.6. The van der Waals surface area contributed by atoms with Gasteiger partial charge in [-0.05, 0) is 12.3 Å². The van der Waals surface area contributed by atoms with Crippen molar-refractivity contribution in [3.63, 3.8) is 0 Å². The molecule has 0 rings (SSSR count). The molecule has 0 radical (unpaired) electrons. The molecule has 37 heavy (non-hydrogen) atoms. The lowest BCUT2D eigenvalue weighted by Crippen LogP contribution is -2.15. The third-order valence-corrected chi connectivity index (χ3v) is 5.93. The second-order valence-corrected chi connectivity index (χ2v) is 9.45. The van der Waals surface area contributed by atoms with E-state index in [2.05, 4.69) is 20.8 Å². The highest BCUT2D eigenvalue weighted by Crippen LogP contribution is 2.10. The SMILES string of the molecule is CCCCCCCCCCCC(=O)OCCOCCOCCOCCOCCOCCOCC(C)CC. The predicted octanol–water partition coefficient (Wildman–Crippen LogP) is 5.60. The quantitative estimate of drug-likeness (QED) is 0.0840. The lowest BCUT2D eigenvalue weighted by Gasteiger charge is -2.10. The number of carbonyl (C=O) groups excluding carboxylic acids is 1. The van der Waals surface area contributed by atoms with E-state index in [1.54, 1.807) is 0 Å². The van der Waals surface area contributed by atoms with Gasteiger partial charge in [0.15, 0.2) is 0 Å². The second-order valence-electron chi connectivity index (χ2n) is 9.45. The Balaban J connectivity index is 3.13. The zero-order valence-electron chi connectivity index (χ0n) is 24.3. The van der Waals surface area contributed by atoms with Gasteiger partial charge in [-0.25, -0.2) is 0 Å². The molecular weight excluding hydrogens is 476 g/mol. The molecule has 0 N–H and O–H groups in total. The van der Waals surface area contributed by atoms with Gasteiger partial charge in [-0.3, -0.25) is 4.79 Å². The molecule has 0 heterocycles. The third-order valence-electron chi connectivity index (χ3n) is 5.93. The van der Waals surface area contributed by atoms with Gasteiger partial charge < -0.3 is 33.2 Å². The number of hydrogen-bond donors (Lipinski definition) is 0. The molecular formula is C29H58O8. The topological polar surface area (TPSA) is 81.7 Å². The minimum atomic E-state index is -0.126. The van der Waals surface area contributed by atoms with Crippen LogP contribution in [0.25, 0.3) is 0 Å². The van der Waals surface area contributed by atoms with Gasteiger partial charge in [0.1, 0.15) is 6.61 Å². The van der Waals surface area contributed by atoms with Crippen LogP contribution in [-0.2, 0) is 38.0 Å². The fourth-order valence-electron chi connectivity index (χ4n) is 3.37. The van der Waals surface area contributed by atoms with E-state index < -0.39 is 0 Å². The van der Waals surface area contributed by atoms with Gasteiger partial charge in [0, 0.05) is 13.0 Å². The first-order chi connectivity index (χ1) is 18.2. The smallest absolute Gasteiger partial charge is 0.305 e. The molecule has 0 aromatic carbocycles. The fraction of sp³-hybridized carbons (Fsp3) is 0.966. The Morgan fingerprint density at radius 2 is 0.892 bits per heavy atom. The summed E-state index contributed by atoms with van der Waals surface area (Å²) in [5, 5.41) is 0. The van der Waals surface area contributed by atoms with Crippen LogP contribution < -0.4 is 0 Å². The third kappa shape index (κ3) is 31.3.